The van der Waals surface area contributed by atoms with Crippen LogP contribution in [0.5, 0.6) is 5.88 Å². The summed E-state index contributed by atoms with van der Waals surface area (Å²) in [5.74, 6) is 0.00736. The van der Waals surface area contributed by atoms with Crippen molar-refractivity contribution in [2.45, 2.75) is 33.1 Å². The first-order chi connectivity index (χ1) is 15.1. The Morgan fingerprint density at radius 3 is 2.34 bits per heavy atom. The van der Waals surface area contributed by atoms with Gasteiger partial charge in [-0.3, -0.25) is 9.69 Å². The second-order valence-corrected chi connectivity index (χ2v) is 9.27. The summed E-state index contributed by atoms with van der Waals surface area (Å²) in [6.45, 7) is 8.20. The summed E-state index contributed by atoms with van der Waals surface area (Å²) >= 11 is 6.26. The van der Waals surface area contributed by atoms with E-state index in [1.54, 1.807) is 42.3 Å². The number of hydrogen-bond acceptors (Lipinski definition) is 4. The van der Waals surface area contributed by atoms with Crippen molar-refractivity contribution in [3.63, 3.8) is 0 Å². The van der Waals surface area contributed by atoms with E-state index in [4.69, 9.17) is 16.3 Å². The molecule has 0 bridgehead atoms. The standard InChI is InChI=1S/C25H25ClFN3O2/c1-15-20(10-11-23(28-15)32-5)30-14-29(21-8-6-16(26)12-18(21)24(30)31)22-9-7-17(27)13-19(22)25(2,3)4/h6-13H,14H2,1-5H3. The van der Waals surface area contributed by atoms with Gasteiger partial charge in [-0.15, -0.1) is 0 Å². The number of carbonyl (C=O) groups excluding carboxylic acids is 1. The van der Waals surface area contributed by atoms with E-state index in [0.29, 0.717) is 27.8 Å². The van der Waals surface area contributed by atoms with Crippen LogP contribution < -0.4 is 14.5 Å². The van der Waals surface area contributed by atoms with Crippen LogP contribution in [0.3, 0.4) is 0 Å². The summed E-state index contributed by atoms with van der Waals surface area (Å²) in [4.78, 5) is 21.6. The molecule has 166 valence electrons. The largest absolute Gasteiger partial charge is 0.481 e. The van der Waals surface area contributed by atoms with E-state index in [0.717, 1.165) is 16.9 Å². The summed E-state index contributed by atoms with van der Waals surface area (Å²) in [6.07, 6.45) is 0. The molecule has 1 aromatic heterocycles. The molecular formula is C25H25ClFN3O2. The molecule has 1 aliphatic rings. The highest BCUT2D eigenvalue weighted by Crippen LogP contribution is 2.41. The minimum atomic E-state index is -0.312. The minimum absolute atomic E-state index is 0.173. The van der Waals surface area contributed by atoms with Gasteiger partial charge in [-0.25, -0.2) is 9.37 Å². The minimum Gasteiger partial charge on any atom is -0.481 e. The molecule has 3 aromatic rings. The summed E-state index contributed by atoms with van der Waals surface area (Å²) < 4.78 is 19.4. The Morgan fingerprint density at radius 2 is 1.69 bits per heavy atom. The molecule has 0 spiro atoms. The van der Waals surface area contributed by atoms with Crippen molar-refractivity contribution in [1.82, 2.24) is 4.98 Å². The molecule has 2 heterocycles. The average molecular weight is 454 g/mol. The molecule has 0 saturated carbocycles. The Morgan fingerprint density at radius 1 is 1.00 bits per heavy atom. The zero-order valence-corrected chi connectivity index (χ0v) is 19.5. The monoisotopic (exact) mass is 453 g/mol. The Labute approximate surface area is 192 Å². The van der Waals surface area contributed by atoms with Crippen LogP contribution in [0.4, 0.5) is 21.5 Å². The number of hydrogen-bond donors (Lipinski definition) is 0. The van der Waals surface area contributed by atoms with Gasteiger partial charge in [-0.2, -0.15) is 0 Å². The molecule has 1 amide bonds. The van der Waals surface area contributed by atoms with E-state index in [1.807, 2.05) is 44.7 Å². The Bertz CT molecular complexity index is 1210. The van der Waals surface area contributed by atoms with Gasteiger partial charge in [0, 0.05) is 16.8 Å². The lowest BCUT2D eigenvalue weighted by atomic mass is 9.85. The van der Waals surface area contributed by atoms with Crippen LogP contribution >= 0.6 is 11.6 Å². The molecule has 0 atom stereocenters. The fourth-order valence-electron chi connectivity index (χ4n) is 4.01. The summed E-state index contributed by atoms with van der Waals surface area (Å²) in [7, 11) is 1.55. The maximum Gasteiger partial charge on any atom is 0.261 e. The van der Waals surface area contributed by atoms with Crippen molar-refractivity contribution in [2.24, 2.45) is 0 Å². The van der Waals surface area contributed by atoms with E-state index in [9.17, 15) is 9.18 Å². The second kappa shape index (κ2) is 8.10. The number of anilines is 3. The van der Waals surface area contributed by atoms with Gasteiger partial charge in [0.25, 0.3) is 5.91 Å². The quantitative estimate of drug-likeness (QED) is 0.470. The first kappa shape index (κ1) is 22.1. The summed E-state index contributed by atoms with van der Waals surface area (Å²) in [5.41, 5.74) is 3.91. The third-order valence-corrected chi connectivity index (χ3v) is 5.83. The van der Waals surface area contributed by atoms with Crippen LogP contribution in [0, 0.1) is 12.7 Å². The van der Waals surface area contributed by atoms with Gasteiger partial charge in [-0.05, 0) is 60.4 Å². The van der Waals surface area contributed by atoms with Gasteiger partial charge in [0.1, 0.15) is 12.5 Å². The van der Waals surface area contributed by atoms with Crippen molar-refractivity contribution in [1.29, 1.82) is 0 Å². The van der Waals surface area contributed by atoms with E-state index in [1.165, 1.54) is 6.07 Å². The number of methoxy groups -OCH3 is 1. The van der Waals surface area contributed by atoms with Crippen molar-refractivity contribution in [3.05, 3.63) is 76.2 Å². The number of halogens is 2. The molecule has 0 fully saturated rings. The average Bonchev–Trinajstić information content (AvgIpc) is 2.74. The highest BCUT2D eigenvalue weighted by Gasteiger charge is 2.34. The predicted octanol–water partition coefficient (Wildman–Crippen LogP) is 6.24. The van der Waals surface area contributed by atoms with Crippen LogP contribution in [0.1, 0.15) is 42.4 Å². The first-order valence-corrected chi connectivity index (χ1v) is 10.7. The molecule has 5 nitrogen and oxygen atoms in total. The molecule has 7 heteroatoms. The molecule has 0 unspecified atom stereocenters. The van der Waals surface area contributed by atoms with E-state index in [-0.39, 0.29) is 23.8 Å². The smallest absolute Gasteiger partial charge is 0.261 e. The van der Waals surface area contributed by atoms with Crippen molar-refractivity contribution in [3.8, 4) is 5.88 Å². The third kappa shape index (κ3) is 3.91. The molecule has 0 N–H and O–H groups in total. The number of benzene rings is 2. The van der Waals surface area contributed by atoms with Crippen LogP contribution in [-0.4, -0.2) is 24.7 Å². The number of nitrogens with zero attached hydrogens (tertiary/aromatic N) is 3. The van der Waals surface area contributed by atoms with Crippen LogP contribution in [0.15, 0.2) is 48.5 Å². The molecule has 32 heavy (non-hydrogen) atoms. The zero-order valence-electron chi connectivity index (χ0n) is 18.7. The van der Waals surface area contributed by atoms with Crippen molar-refractivity contribution < 1.29 is 13.9 Å². The first-order valence-electron chi connectivity index (χ1n) is 10.3. The van der Waals surface area contributed by atoms with E-state index in [2.05, 4.69) is 4.98 Å². The normalized spacial score (nSPS) is 13.9. The Kier molecular flexibility index (Phi) is 5.59. The lowest BCUT2D eigenvalue weighted by Gasteiger charge is -2.40. The van der Waals surface area contributed by atoms with Crippen molar-refractivity contribution >= 4 is 34.6 Å². The van der Waals surface area contributed by atoms with Gasteiger partial charge in [-0.1, -0.05) is 32.4 Å². The zero-order chi connectivity index (χ0) is 23.2. The lowest BCUT2D eigenvalue weighted by Crippen LogP contribution is -2.46. The number of pyridine rings is 1. The van der Waals surface area contributed by atoms with Crippen LogP contribution in [0.2, 0.25) is 5.02 Å². The number of aryl methyl sites for hydroxylation is 1. The van der Waals surface area contributed by atoms with Gasteiger partial charge < -0.3 is 9.64 Å². The van der Waals surface area contributed by atoms with Gasteiger partial charge in [0.05, 0.1) is 29.7 Å². The molecule has 2 aromatic carbocycles. The van der Waals surface area contributed by atoms with Gasteiger partial charge in [0.15, 0.2) is 0 Å². The number of amides is 1. The number of aromatic nitrogens is 1. The maximum absolute atomic E-state index is 14.2. The second-order valence-electron chi connectivity index (χ2n) is 8.83. The molecule has 0 saturated heterocycles. The SMILES string of the molecule is COc1ccc(N2CN(c3ccc(F)cc3C(C)(C)C)c3ccc(Cl)cc3C2=O)c(C)n1. The van der Waals surface area contributed by atoms with Gasteiger partial charge >= 0.3 is 0 Å². The molecule has 1 aliphatic heterocycles. The highest BCUT2D eigenvalue weighted by molar-refractivity contribution is 6.31. The van der Waals surface area contributed by atoms with Gasteiger partial charge in [0.2, 0.25) is 5.88 Å². The third-order valence-electron chi connectivity index (χ3n) is 5.60. The molecular weight excluding hydrogens is 429 g/mol. The fourth-order valence-corrected chi connectivity index (χ4v) is 4.18. The summed E-state index contributed by atoms with van der Waals surface area (Å²) in [6, 6.07) is 13.6. The predicted molar refractivity (Wildman–Crippen MR) is 126 cm³/mol. The van der Waals surface area contributed by atoms with E-state index < -0.39 is 0 Å². The van der Waals surface area contributed by atoms with Crippen molar-refractivity contribution in [2.75, 3.05) is 23.6 Å². The molecule has 4 rings (SSSR count). The molecule has 0 radical (unpaired) electrons. The van der Waals surface area contributed by atoms with Crippen LogP contribution in [0.25, 0.3) is 0 Å². The number of carbonyl (C=O) groups is 1. The Balaban J connectivity index is 1.91. The maximum atomic E-state index is 14.2. The Hall–Kier alpha value is -3.12. The fraction of sp³-hybridized carbons (Fsp3) is 0.280. The van der Waals surface area contributed by atoms with E-state index >= 15 is 0 Å². The highest BCUT2D eigenvalue weighted by atomic mass is 35.5. The number of rotatable bonds is 3. The lowest BCUT2D eigenvalue weighted by molar-refractivity contribution is 0.0983. The number of fused-ring (bicyclic) bond motifs is 1. The molecule has 0 aliphatic carbocycles. The van der Waals surface area contributed by atoms with Crippen LogP contribution in [-0.2, 0) is 5.41 Å². The number of ether oxygens (including phenoxy) is 1. The summed E-state index contributed by atoms with van der Waals surface area (Å²) in [5, 5.41) is 0.471. The topological polar surface area (TPSA) is 45.7 Å².